The second-order valence-corrected chi connectivity index (χ2v) is 6.24. The summed E-state index contributed by atoms with van der Waals surface area (Å²) in [5, 5.41) is 3.84. The first-order valence-corrected chi connectivity index (χ1v) is 8.28. The van der Waals surface area contributed by atoms with Gasteiger partial charge in [-0.1, -0.05) is 12.1 Å². The summed E-state index contributed by atoms with van der Waals surface area (Å²) in [6.07, 6.45) is 3.52. The lowest BCUT2D eigenvalue weighted by molar-refractivity contribution is 0.0948. The first-order valence-electron chi connectivity index (χ1n) is 7.47. The van der Waals surface area contributed by atoms with E-state index in [1.807, 2.05) is 31.2 Å². The highest BCUT2D eigenvalue weighted by atomic mass is 32.1. The van der Waals surface area contributed by atoms with Gasteiger partial charge in [0.05, 0.1) is 24.9 Å². The minimum Gasteiger partial charge on any atom is -0.496 e. The summed E-state index contributed by atoms with van der Waals surface area (Å²) in [5.41, 5.74) is 2.42. The maximum atomic E-state index is 12.4. The van der Waals surface area contributed by atoms with Crippen molar-refractivity contribution in [3.05, 3.63) is 64.9 Å². The van der Waals surface area contributed by atoms with Crippen LogP contribution in [-0.2, 0) is 6.54 Å². The second kappa shape index (κ2) is 7.23. The Hall–Kier alpha value is -2.73. The lowest BCUT2D eigenvalue weighted by Gasteiger charge is -2.08. The van der Waals surface area contributed by atoms with E-state index in [1.165, 1.54) is 0 Å². The molecule has 1 aromatic carbocycles. The first-order chi connectivity index (χ1) is 11.7. The van der Waals surface area contributed by atoms with E-state index in [0.717, 1.165) is 21.1 Å². The molecule has 122 valence electrons. The van der Waals surface area contributed by atoms with Gasteiger partial charge in [-0.2, -0.15) is 0 Å². The number of hydrogen-bond donors (Lipinski definition) is 1. The summed E-state index contributed by atoms with van der Waals surface area (Å²) in [5.74, 6) is 0.398. The van der Waals surface area contributed by atoms with Gasteiger partial charge < -0.3 is 10.1 Å². The molecular formula is C18H17N3O2S. The number of carbonyl (C=O) groups is 1. The van der Waals surface area contributed by atoms with E-state index in [0.29, 0.717) is 17.9 Å². The Morgan fingerprint density at radius 3 is 2.83 bits per heavy atom. The van der Waals surface area contributed by atoms with Crippen molar-refractivity contribution in [3.8, 4) is 16.3 Å². The van der Waals surface area contributed by atoms with E-state index in [1.54, 1.807) is 43.0 Å². The van der Waals surface area contributed by atoms with Gasteiger partial charge >= 0.3 is 0 Å². The van der Waals surface area contributed by atoms with E-state index in [9.17, 15) is 4.79 Å². The van der Waals surface area contributed by atoms with Crippen molar-refractivity contribution in [2.75, 3.05) is 7.11 Å². The number of aromatic nitrogens is 2. The molecule has 2 aromatic heterocycles. The molecule has 3 rings (SSSR count). The lowest BCUT2D eigenvalue weighted by Crippen LogP contribution is -2.23. The molecule has 1 N–H and O–H groups in total. The van der Waals surface area contributed by atoms with E-state index >= 15 is 0 Å². The molecule has 6 heteroatoms. The number of benzene rings is 1. The summed E-state index contributed by atoms with van der Waals surface area (Å²) in [7, 11) is 1.56. The fourth-order valence-corrected chi connectivity index (χ4v) is 3.29. The highest BCUT2D eigenvalue weighted by Gasteiger charge is 2.14. The SMILES string of the molecule is COc1ccccc1C(=O)NCc1sc(-c2cccnc2)nc1C. The Balaban J connectivity index is 1.73. The van der Waals surface area contributed by atoms with Crippen LogP contribution < -0.4 is 10.1 Å². The van der Waals surface area contributed by atoms with Gasteiger partial charge in [0.25, 0.3) is 5.91 Å². The van der Waals surface area contributed by atoms with Crippen LogP contribution >= 0.6 is 11.3 Å². The number of thiazole rings is 1. The van der Waals surface area contributed by atoms with Gasteiger partial charge in [0.15, 0.2) is 0 Å². The number of aryl methyl sites for hydroxylation is 1. The highest BCUT2D eigenvalue weighted by Crippen LogP contribution is 2.27. The zero-order valence-electron chi connectivity index (χ0n) is 13.4. The predicted octanol–water partition coefficient (Wildman–Crippen LogP) is 3.45. The van der Waals surface area contributed by atoms with Gasteiger partial charge in [0.2, 0.25) is 0 Å². The standard InChI is InChI=1S/C18H17N3O2S/c1-12-16(24-18(21-12)13-6-5-9-19-10-13)11-20-17(22)14-7-3-4-8-15(14)23-2/h3-10H,11H2,1-2H3,(H,20,22). The molecule has 5 nitrogen and oxygen atoms in total. The average molecular weight is 339 g/mol. The van der Waals surface area contributed by atoms with Gasteiger partial charge in [-0.25, -0.2) is 4.98 Å². The summed E-state index contributed by atoms with van der Waals surface area (Å²) in [6.45, 7) is 2.38. The molecule has 0 unspecified atom stereocenters. The molecule has 0 aliphatic heterocycles. The number of ether oxygens (including phenoxy) is 1. The fraction of sp³-hybridized carbons (Fsp3) is 0.167. The lowest BCUT2D eigenvalue weighted by atomic mass is 10.2. The third-order valence-electron chi connectivity index (χ3n) is 3.56. The number of pyridine rings is 1. The monoisotopic (exact) mass is 339 g/mol. The maximum absolute atomic E-state index is 12.4. The van der Waals surface area contributed by atoms with Crippen LogP contribution in [0.4, 0.5) is 0 Å². The molecular weight excluding hydrogens is 322 g/mol. The molecule has 0 saturated carbocycles. The van der Waals surface area contributed by atoms with Crippen LogP contribution in [0.3, 0.4) is 0 Å². The van der Waals surface area contributed by atoms with E-state index in [2.05, 4.69) is 15.3 Å². The molecule has 2 heterocycles. The number of nitrogens with zero attached hydrogens (tertiary/aromatic N) is 2. The normalized spacial score (nSPS) is 10.4. The molecule has 0 bridgehead atoms. The van der Waals surface area contributed by atoms with Crippen LogP contribution in [0.5, 0.6) is 5.75 Å². The second-order valence-electron chi connectivity index (χ2n) is 5.15. The van der Waals surface area contributed by atoms with Gasteiger partial charge in [0.1, 0.15) is 10.8 Å². The Morgan fingerprint density at radius 2 is 2.08 bits per heavy atom. The molecule has 24 heavy (non-hydrogen) atoms. The van der Waals surface area contributed by atoms with Crippen LogP contribution in [0, 0.1) is 6.92 Å². The quantitative estimate of drug-likeness (QED) is 0.773. The van der Waals surface area contributed by atoms with Gasteiger partial charge in [-0.3, -0.25) is 9.78 Å². The van der Waals surface area contributed by atoms with Crippen LogP contribution in [0.1, 0.15) is 20.9 Å². The topological polar surface area (TPSA) is 64.1 Å². The molecule has 0 atom stereocenters. The van der Waals surface area contributed by atoms with Crippen molar-refractivity contribution in [2.45, 2.75) is 13.5 Å². The fourth-order valence-electron chi connectivity index (χ4n) is 2.29. The zero-order chi connectivity index (χ0) is 16.9. The number of nitrogens with one attached hydrogen (secondary N) is 1. The highest BCUT2D eigenvalue weighted by molar-refractivity contribution is 7.15. The van der Waals surface area contributed by atoms with E-state index < -0.39 is 0 Å². The van der Waals surface area contributed by atoms with Gasteiger partial charge in [-0.05, 0) is 31.2 Å². The largest absolute Gasteiger partial charge is 0.496 e. The molecule has 3 aromatic rings. The van der Waals surface area contributed by atoms with Gasteiger partial charge in [0, 0.05) is 22.8 Å². The predicted molar refractivity (Wildman–Crippen MR) is 94.2 cm³/mol. The van der Waals surface area contributed by atoms with Crippen molar-refractivity contribution in [1.29, 1.82) is 0 Å². The minimum absolute atomic E-state index is 0.164. The van der Waals surface area contributed by atoms with Crippen LogP contribution in [0.25, 0.3) is 10.6 Å². The Bertz CT molecular complexity index is 846. The Labute approximate surface area is 144 Å². The summed E-state index contributed by atoms with van der Waals surface area (Å²) < 4.78 is 5.23. The summed E-state index contributed by atoms with van der Waals surface area (Å²) in [4.78, 5) is 22.1. The minimum atomic E-state index is -0.164. The van der Waals surface area contributed by atoms with Crippen molar-refractivity contribution < 1.29 is 9.53 Å². The molecule has 0 saturated heterocycles. The molecule has 0 spiro atoms. The molecule has 0 radical (unpaired) electrons. The molecule has 0 aliphatic carbocycles. The van der Waals surface area contributed by atoms with E-state index in [4.69, 9.17) is 4.74 Å². The van der Waals surface area contributed by atoms with E-state index in [-0.39, 0.29) is 5.91 Å². The maximum Gasteiger partial charge on any atom is 0.255 e. The Kier molecular flexibility index (Phi) is 4.86. The van der Waals surface area contributed by atoms with Crippen molar-refractivity contribution in [1.82, 2.24) is 15.3 Å². The van der Waals surface area contributed by atoms with Crippen LogP contribution in [-0.4, -0.2) is 23.0 Å². The molecule has 0 aliphatic rings. The average Bonchev–Trinajstić information content (AvgIpc) is 3.01. The number of methoxy groups -OCH3 is 1. The van der Waals surface area contributed by atoms with Crippen molar-refractivity contribution in [2.24, 2.45) is 0 Å². The number of amides is 1. The third-order valence-corrected chi connectivity index (χ3v) is 4.77. The third kappa shape index (κ3) is 3.44. The summed E-state index contributed by atoms with van der Waals surface area (Å²) >= 11 is 1.56. The number of rotatable bonds is 5. The van der Waals surface area contributed by atoms with Crippen LogP contribution in [0.2, 0.25) is 0 Å². The van der Waals surface area contributed by atoms with Crippen molar-refractivity contribution in [3.63, 3.8) is 0 Å². The summed E-state index contributed by atoms with van der Waals surface area (Å²) in [6, 6.07) is 11.0. The molecule has 0 fully saturated rings. The smallest absolute Gasteiger partial charge is 0.255 e. The number of carbonyl (C=O) groups excluding carboxylic acids is 1. The van der Waals surface area contributed by atoms with Gasteiger partial charge in [-0.15, -0.1) is 11.3 Å². The number of hydrogen-bond acceptors (Lipinski definition) is 5. The van der Waals surface area contributed by atoms with Crippen LogP contribution in [0.15, 0.2) is 48.8 Å². The molecule has 1 amide bonds. The number of para-hydroxylation sites is 1. The zero-order valence-corrected chi connectivity index (χ0v) is 14.3. The Morgan fingerprint density at radius 1 is 1.25 bits per heavy atom. The van der Waals surface area contributed by atoms with Crippen molar-refractivity contribution >= 4 is 17.2 Å². The first kappa shape index (κ1) is 16.1.